The molecule has 2 aromatic carbocycles. The Balaban J connectivity index is 1.91. The Kier molecular flexibility index (Phi) is 5.98. The van der Waals surface area contributed by atoms with Crippen molar-refractivity contribution in [2.24, 2.45) is 0 Å². The first kappa shape index (κ1) is 19.2. The summed E-state index contributed by atoms with van der Waals surface area (Å²) in [6.07, 6.45) is 0. The van der Waals surface area contributed by atoms with Crippen LogP contribution in [0.25, 0.3) is 10.9 Å². The molecule has 0 aliphatic heterocycles. The van der Waals surface area contributed by atoms with Crippen molar-refractivity contribution < 1.29 is 9.47 Å². The highest BCUT2D eigenvalue weighted by Crippen LogP contribution is 2.30. The van der Waals surface area contributed by atoms with Gasteiger partial charge in [0, 0.05) is 17.6 Å². The van der Waals surface area contributed by atoms with Crippen LogP contribution >= 0.6 is 11.6 Å². The molecular formula is C20H22ClN3O3. The molecule has 0 aliphatic carbocycles. The van der Waals surface area contributed by atoms with E-state index in [0.717, 1.165) is 17.1 Å². The number of benzene rings is 2. The Morgan fingerprint density at radius 3 is 2.48 bits per heavy atom. The topological polar surface area (TPSA) is 67.5 Å². The Labute approximate surface area is 162 Å². The average molecular weight is 388 g/mol. The largest absolute Gasteiger partial charge is 0.493 e. The average Bonchev–Trinajstić information content (AvgIpc) is 2.68. The molecule has 1 aromatic heterocycles. The zero-order chi connectivity index (χ0) is 19.4. The molecule has 0 amide bonds. The number of fused-ring (bicyclic) bond motifs is 1. The summed E-state index contributed by atoms with van der Waals surface area (Å²) in [5, 5.41) is 1.19. The molecule has 7 heteroatoms. The number of halogens is 1. The number of H-pyrrole nitrogens is 1. The Hall–Kier alpha value is -2.57. The third-order valence-corrected chi connectivity index (χ3v) is 4.80. The molecular weight excluding hydrogens is 366 g/mol. The summed E-state index contributed by atoms with van der Waals surface area (Å²) in [5.74, 6) is 1.63. The highest BCUT2D eigenvalue weighted by atomic mass is 35.5. The van der Waals surface area contributed by atoms with E-state index in [1.165, 1.54) is 7.11 Å². The molecule has 3 rings (SSSR count). The van der Waals surface area contributed by atoms with Crippen LogP contribution in [-0.2, 0) is 13.1 Å². The van der Waals surface area contributed by atoms with Crippen molar-refractivity contribution in [3.63, 3.8) is 0 Å². The molecule has 142 valence electrons. The smallest absolute Gasteiger partial charge is 0.258 e. The van der Waals surface area contributed by atoms with Gasteiger partial charge >= 0.3 is 0 Å². The van der Waals surface area contributed by atoms with E-state index >= 15 is 0 Å². The van der Waals surface area contributed by atoms with Crippen molar-refractivity contribution in [2.45, 2.75) is 20.0 Å². The van der Waals surface area contributed by atoms with Gasteiger partial charge in [0.05, 0.1) is 31.7 Å². The molecule has 0 aliphatic rings. The first-order valence-corrected chi connectivity index (χ1v) is 9.04. The maximum Gasteiger partial charge on any atom is 0.258 e. The van der Waals surface area contributed by atoms with Gasteiger partial charge in [-0.3, -0.25) is 9.69 Å². The molecule has 0 saturated carbocycles. The quantitative estimate of drug-likeness (QED) is 0.670. The van der Waals surface area contributed by atoms with Gasteiger partial charge in [-0.15, -0.1) is 0 Å². The molecule has 0 radical (unpaired) electrons. The van der Waals surface area contributed by atoms with Crippen LogP contribution in [0.2, 0.25) is 5.02 Å². The van der Waals surface area contributed by atoms with E-state index in [1.54, 1.807) is 19.2 Å². The van der Waals surface area contributed by atoms with Crippen molar-refractivity contribution in [3.8, 4) is 11.5 Å². The van der Waals surface area contributed by atoms with Gasteiger partial charge in [-0.05, 0) is 24.2 Å². The SMILES string of the molecule is CCN(Cc1nc2cc(OC)c(OC)cc2c(=O)[nH]1)Cc1ccccc1Cl. The molecule has 0 saturated heterocycles. The highest BCUT2D eigenvalue weighted by molar-refractivity contribution is 6.31. The van der Waals surface area contributed by atoms with Gasteiger partial charge in [0.1, 0.15) is 5.82 Å². The lowest BCUT2D eigenvalue weighted by molar-refractivity contribution is 0.264. The standard InChI is InChI=1S/C20H22ClN3O3/c1-4-24(11-13-7-5-6-8-15(13)21)12-19-22-16-10-18(27-3)17(26-2)9-14(16)20(25)23-19/h5-10H,4,11-12H2,1-3H3,(H,22,23,25). The Morgan fingerprint density at radius 1 is 1.11 bits per heavy atom. The second-order valence-corrected chi connectivity index (χ2v) is 6.54. The zero-order valence-electron chi connectivity index (χ0n) is 15.6. The van der Waals surface area contributed by atoms with Crippen LogP contribution in [0.1, 0.15) is 18.3 Å². The minimum atomic E-state index is -0.204. The lowest BCUT2D eigenvalue weighted by Gasteiger charge is -2.20. The van der Waals surface area contributed by atoms with E-state index in [-0.39, 0.29) is 5.56 Å². The van der Waals surface area contributed by atoms with E-state index in [2.05, 4.69) is 21.8 Å². The predicted octanol–water partition coefficient (Wildman–Crippen LogP) is 3.62. The minimum Gasteiger partial charge on any atom is -0.493 e. The summed E-state index contributed by atoms with van der Waals surface area (Å²) in [6, 6.07) is 11.1. The summed E-state index contributed by atoms with van der Waals surface area (Å²) < 4.78 is 10.6. The lowest BCUT2D eigenvalue weighted by atomic mass is 10.2. The number of aromatic nitrogens is 2. The van der Waals surface area contributed by atoms with E-state index in [4.69, 9.17) is 21.1 Å². The second kappa shape index (κ2) is 8.41. The van der Waals surface area contributed by atoms with Crippen LogP contribution in [0.4, 0.5) is 0 Å². The molecule has 27 heavy (non-hydrogen) atoms. The normalized spacial score (nSPS) is 11.1. The molecule has 0 bridgehead atoms. The lowest BCUT2D eigenvalue weighted by Crippen LogP contribution is -2.25. The van der Waals surface area contributed by atoms with E-state index in [0.29, 0.717) is 41.3 Å². The van der Waals surface area contributed by atoms with Gasteiger partial charge in [-0.2, -0.15) is 0 Å². The molecule has 0 fully saturated rings. The Bertz CT molecular complexity index is 1000. The third kappa shape index (κ3) is 4.23. The second-order valence-electron chi connectivity index (χ2n) is 6.13. The van der Waals surface area contributed by atoms with Gasteiger partial charge in [0.2, 0.25) is 0 Å². The van der Waals surface area contributed by atoms with Gasteiger partial charge in [-0.1, -0.05) is 36.7 Å². The summed E-state index contributed by atoms with van der Waals surface area (Å²) in [7, 11) is 3.09. The summed E-state index contributed by atoms with van der Waals surface area (Å²) >= 11 is 6.27. The fourth-order valence-electron chi connectivity index (χ4n) is 2.95. The van der Waals surface area contributed by atoms with Gasteiger partial charge < -0.3 is 14.5 Å². The van der Waals surface area contributed by atoms with Crippen LogP contribution in [0, 0.1) is 0 Å². The number of nitrogens with one attached hydrogen (secondary N) is 1. The third-order valence-electron chi connectivity index (χ3n) is 4.43. The minimum absolute atomic E-state index is 0.204. The number of aromatic amines is 1. The fourth-order valence-corrected chi connectivity index (χ4v) is 3.14. The van der Waals surface area contributed by atoms with Gasteiger partial charge in [-0.25, -0.2) is 4.98 Å². The maximum absolute atomic E-state index is 12.5. The molecule has 1 heterocycles. The molecule has 1 N–H and O–H groups in total. The van der Waals surface area contributed by atoms with Crippen LogP contribution in [0.3, 0.4) is 0 Å². The molecule has 0 spiro atoms. The Morgan fingerprint density at radius 2 is 1.81 bits per heavy atom. The number of ether oxygens (including phenoxy) is 2. The first-order chi connectivity index (χ1) is 13.0. The van der Waals surface area contributed by atoms with Crippen LogP contribution < -0.4 is 15.0 Å². The number of rotatable bonds is 7. The first-order valence-electron chi connectivity index (χ1n) is 8.66. The number of nitrogens with zero attached hydrogens (tertiary/aromatic N) is 2. The molecule has 0 unspecified atom stereocenters. The van der Waals surface area contributed by atoms with Gasteiger partial charge in [0.15, 0.2) is 11.5 Å². The highest BCUT2D eigenvalue weighted by Gasteiger charge is 2.13. The van der Waals surface area contributed by atoms with Crippen molar-refractivity contribution in [1.82, 2.24) is 14.9 Å². The van der Waals surface area contributed by atoms with Crippen LogP contribution in [0.15, 0.2) is 41.2 Å². The molecule has 6 nitrogen and oxygen atoms in total. The predicted molar refractivity (Wildman–Crippen MR) is 107 cm³/mol. The molecule has 0 atom stereocenters. The molecule has 3 aromatic rings. The zero-order valence-corrected chi connectivity index (χ0v) is 16.3. The van der Waals surface area contributed by atoms with E-state index in [9.17, 15) is 4.79 Å². The van der Waals surface area contributed by atoms with E-state index < -0.39 is 0 Å². The fraction of sp³-hybridized carbons (Fsp3) is 0.300. The number of methoxy groups -OCH3 is 2. The van der Waals surface area contributed by atoms with Crippen molar-refractivity contribution in [1.29, 1.82) is 0 Å². The van der Waals surface area contributed by atoms with Crippen molar-refractivity contribution >= 4 is 22.5 Å². The van der Waals surface area contributed by atoms with E-state index in [1.807, 2.05) is 24.3 Å². The number of hydrogen-bond acceptors (Lipinski definition) is 5. The van der Waals surface area contributed by atoms with Crippen molar-refractivity contribution in [2.75, 3.05) is 20.8 Å². The van der Waals surface area contributed by atoms with Gasteiger partial charge in [0.25, 0.3) is 5.56 Å². The van der Waals surface area contributed by atoms with Crippen LogP contribution in [-0.4, -0.2) is 35.6 Å². The summed E-state index contributed by atoms with van der Waals surface area (Å²) in [4.78, 5) is 22.1. The monoisotopic (exact) mass is 387 g/mol. The summed E-state index contributed by atoms with van der Waals surface area (Å²) in [5.41, 5.74) is 1.40. The van der Waals surface area contributed by atoms with Crippen molar-refractivity contribution in [3.05, 3.63) is 63.2 Å². The van der Waals surface area contributed by atoms with Crippen LogP contribution in [0.5, 0.6) is 11.5 Å². The summed E-state index contributed by atoms with van der Waals surface area (Å²) in [6.45, 7) is 4.02. The number of hydrogen-bond donors (Lipinski definition) is 1. The maximum atomic E-state index is 12.5.